The lowest BCUT2D eigenvalue weighted by molar-refractivity contribution is 0.449. The Morgan fingerprint density at radius 3 is 2.47 bits per heavy atom. The fraction of sp³-hybridized carbons (Fsp3) is 0.0714. The van der Waals surface area contributed by atoms with Crippen molar-refractivity contribution in [1.82, 2.24) is 0 Å². The molecule has 2 aromatic carbocycles. The molecule has 2 rings (SSSR count). The normalized spacial score (nSPS) is 10.0. The summed E-state index contributed by atoms with van der Waals surface area (Å²) in [6, 6.07) is 10.7. The molecule has 0 saturated carbocycles. The summed E-state index contributed by atoms with van der Waals surface area (Å²) in [5.74, 6) is -4.02. The molecule has 0 fully saturated rings. The fourth-order valence-electron chi connectivity index (χ4n) is 1.64. The number of hydrogen-bond donors (Lipinski definition) is 1. The van der Waals surface area contributed by atoms with Crippen LogP contribution in [0, 0.1) is 28.8 Å². The third-order valence-electron chi connectivity index (χ3n) is 2.64. The van der Waals surface area contributed by atoms with E-state index in [9.17, 15) is 13.2 Å². The number of nitrogens with one attached hydrogen (secondary N) is 1. The van der Waals surface area contributed by atoms with E-state index in [1.165, 1.54) is 0 Å². The van der Waals surface area contributed by atoms with Gasteiger partial charge >= 0.3 is 0 Å². The molecule has 96 valence electrons. The number of nitriles is 1. The van der Waals surface area contributed by atoms with Crippen molar-refractivity contribution >= 4 is 5.69 Å². The molecule has 2 aromatic rings. The fourth-order valence-corrected chi connectivity index (χ4v) is 1.64. The van der Waals surface area contributed by atoms with Crippen LogP contribution in [0.5, 0.6) is 0 Å². The van der Waals surface area contributed by atoms with Crippen molar-refractivity contribution in [2.24, 2.45) is 0 Å². The predicted molar refractivity (Wildman–Crippen MR) is 64.8 cm³/mol. The van der Waals surface area contributed by atoms with Gasteiger partial charge in [0.15, 0.2) is 17.5 Å². The van der Waals surface area contributed by atoms with Crippen molar-refractivity contribution in [3.63, 3.8) is 0 Å². The maximum absolute atomic E-state index is 13.4. The minimum absolute atomic E-state index is 0.145. The van der Waals surface area contributed by atoms with Crippen molar-refractivity contribution in [1.29, 1.82) is 5.26 Å². The van der Waals surface area contributed by atoms with E-state index in [-0.39, 0.29) is 12.2 Å². The van der Waals surface area contributed by atoms with Gasteiger partial charge in [-0.3, -0.25) is 0 Å². The van der Waals surface area contributed by atoms with E-state index in [0.29, 0.717) is 11.1 Å². The number of rotatable bonds is 3. The molecule has 2 nitrogen and oxygen atoms in total. The van der Waals surface area contributed by atoms with Crippen molar-refractivity contribution < 1.29 is 13.2 Å². The molecule has 0 spiro atoms. The van der Waals surface area contributed by atoms with Gasteiger partial charge in [0.25, 0.3) is 0 Å². The van der Waals surface area contributed by atoms with Crippen LogP contribution in [0.25, 0.3) is 0 Å². The third-order valence-corrected chi connectivity index (χ3v) is 2.64. The molecule has 19 heavy (non-hydrogen) atoms. The highest BCUT2D eigenvalue weighted by molar-refractivity contribution is 5.47. The lowest BCUT2D eigenvalue weighted by Gasteiger charge is -2.09. The average Bonchev–Trinajstić information content (AvgIpc) is 2.44. The van der Waals surface area contributed by atoms with Gasteiger partial charge in [-0.05, 0) is 23.8 Å². The van der Waals surface area contributed by atoms with Crippen LogP contribution in [-0.4, -0.2) is 0 Å². The van der Waals surface area contributed by atoms with Crippen LogP contribution in [0.2, 0.25) is 0 Å². The van der Waals surface area contributed by atoms with Gasteiger partial charge in [-0.2, -0.15) is 5.26 Å². The van der Waals surface area contributed by atoms with E-state index in [4.69, 9.17) is 5.26 Å². The van der Waals surface area contributed by atoms with Gasteiger partial charge < -0.3 is 5.32 Å². The van der Waals surface area contributed by atoms with Crippen molar-refractivity contribution in [2.45, 2.75) is 6.54 Å². The summed E-state index contributed by atoms with van der Waals surface area (Å²) in [7, 11) is 0. The summed E-state index contributed by atoms with van der Waals surface area (Å²) in [5.41, 5.74) is 0.943. The molecule has 0 saturated heterocycles. The second-order valence-corrected chi connectivity index (χ2v) is 3.85. The molecule has 5 heteroatoms. The van der Waals surface area contributed by atoms with Crippen LogP contribution in [0.4, 0.5) is 18.9 Å². The molecule has 0 atom stereocenters. The standard InChI is InChI=1S/C14H9F3N2/c15-11-5-6-12(14(17)13(11)16)19-8-10-4-2-1-3-9(10)7-18/h1-6,19H,8H2. The highest BCUT2D eigenvalue weighted by Gasteiger charge is 2.13. The van der Waals surface area contributed by atoms with Crippen molar-refractivity contribution in [3.8, 4) is 6.07 Å². The maximum Gasteiger partial charge on any atom is 0.196 e. The zero-order valence-corrected chi connectivity index (χ0v) is 9.75. The van der Waals surface area contributed by atoms with Crippen LogP contribution in [0.3, 0.4) is 0 Å². The lowest BCUT2D eigenvalue weighted by atomic mass is 10.1. The molecule has 0 amide bonds. The SMILES string of the molecule is N#Cc1ccccc1CNc1ccc(F)c(F)c1F. The zero-order valence-electron chi connectivity index (χ0n) is 9.75. The number of benzene rings is 2. The van der Waals surface area contributed by atoms with E-state index in [1.54, 1.807) is 24.3 Å². The third kappa shape index (κ3) is 2.68. The minimum atomic E-state index is -1.52. The van der Waals surface area contributed by atoms with Gasteiger partial charge in [0, 0.05) is 6.54 Å². The Hall–Kier alpha value is -2.48. The molecule has 0 aliphatic rings. The number of hydrogen-bond acceptors (Lipinski definition) is 2. The number of anilines is 1. The van der Waals surface area contributed by atoms with E-state index in [0.717, 1.165) is 12.1 Å². The maximum atomic E-state index is 13.4. The molecule has 0 bridgehead atoms. The Morgan fingerprint density at radius 1 is 1.00 bits per heavy atom. The molecular weight excluding hydrogens is 253 g/mol. The molecule has 0 heterocycles. The summed E-state index contributed by atoms with van der Waals surface area (Å²) in [5, 5.41) is 11.5. The topological polar surface area (TPSA) is 35.8 Å². The van der Waals surface area contributed by atoms with Gasteiger partial charge in [0.2, 0.25) is 0 Å². The van der Waals surface area contributed by atoms with Gasteiger partial charge in [-0.25, -0.2) is 13.2 Å². The second kappa shape index (κ2) is 5.44. The van der Waals surface area contributed by atoms with Gasteiger partial charge in [-0.15, -0.1) is 0 Å². The molecular formula is C14H9F3N2. The molecule has 0 aliphatic carbocycles. The predicted octanol–water partition coefficient (Wildman–Crippen LogP) is 3.59. The lowest BCUT2D eigenvalue weighted by Crippen LogP contribution is -2.05. The van der Waals surface area contributed by atoms with Crippen molar-refractivity contribution in [2.75, 3.05) is 5.32 Å². The summed E-state index contributed by atoms with van der Waals surface area (Å²) < 4.78 is 39.2. The molecule has 1 N–H and O–H groups in total. The van der Waals surface area contributed by atoms with Crippen LogP contribution in [-0.2, 0) is 6.54 Å². The van der Waals surface area contributed by atoms with Crippen LogP contribution < -0.4 is 5.32 Å². The second-order valence-electron chi connectivity index (χ2n) is 3.85. The first-order valence-corrected chi connectivity index (χ1v) is 5.49. The Bertz CT molecular complexity index is 648. The largest absolute Gasteiger partial charge is 0.378 e. The van der Waals surface area contributed by atoms with E-state index < -0.39 is 17.5 Å². The minimum Gasteiger partial charge on any atom is -0.378 e. The Labute approximate surface area is 108 Å². The average molecular weight is 262 g/mol. The molecule has 0 radical (unpaired) electrons. The Kier molecular flexibility index (Phi) is 3.71. The smallest absolute Gasteiger partial charge is 0.196 e. The highest BCUT2D eigenvalue weighted by atomic mass is 19.2. The van der Waals surface area contributed by atoms with E-state index in [2.05, 4.69) is 5.32 Å². The number of halogens is 3. The Balaban J connectivity index is 2.20. The van der Waals surface area contributed by atoms with Crippen LogP contribution in [0.1, 0.15) is 11.1 Å². The first kappa shape index (κ1) is 13.0. The van der Waals surface area contributed by atoms with Crippen LogP contribution >= 0.6 is 0 Å². The monoisotopic (exact) mass is 262 g/mol. The molecule has 0 unspecified atom stereocenters. The highest BCUT2D eigenvalue weighted by Crippen LogP contribution is 2.20. The van der Waals surface area contributed by atoms with Crippen LogP contribution in [0.15, 0.2) is 36.4 Å². The molecule has 0 aliphatic heterocycles. The zero-order chi connectivity index (χ0) is 13.8. The van der Waals surface area contributed by atoms with E-state index in [1.807, 2.05) is 6.07 Å². The Morgan fingerprint density at radius 2 is 1.74 bits per heavy atom. The number of nitrogens with zero attached hydrogens (tertiary/aromatic N) is 1. The van der Waals surface area contributed by atoms with Gasteiger partial charge in [0.05, 0.1) is 17.3 Å². The van der Waals surface area contributed by atoms with Gasteiger partial charge in [0.1, 0.15) is 0 Å². The summed E-state index contributed by atoms with van der Waals surface area (Å²) >= 11 is 0. The summed E-state index contributed by atoms with van der Waals surface area (Å²) in [6.07, 6.45) is 0. The first-order valence-electron chi connectivity index (χ1n) is 5.49. The van der Waals surface area contributed by atoms with E-state index >= 15 is 0 Å². The quantitative estimate of drug-likeness (QED) is 0.858. The molecule has 0 aromatic heterocycles. The van der Waals surface area contributed by atoms with Crippen molar-refractivity contribution in [3.05, 3.63) is 65.0 Å². The summed E-state index contributed by atoms with van der Waals surface area (Å²) in [4.78, 5) is 0. The van der Waals surface area contributed by atoms with Gasteiger partial charge in [-0.1, -0.05) is 18.2 Å². The first-order chi connectivity index (χ1) is 9.13. The summed E-state index contributed by atoms with van der Waals surface area (Å²) in [6.45, 7) is 0.145.